The van der Waals surface area contributed by atoms with Crippen LogP contribution in [-0.2, 0) is 5.41 Å². The summed E-state index contributed by atoms with van der Waals surface area (Å²) >= 11 is 0. The quantitative estimate of drug-likeness (QED) is 0.0560. The monoisotopic (exact) mass is 767 g/mol. The lowest BCUT2D eigenvalue weighted by Crippen LogP contribution is -2.33. The SMILES string of the molecule is CC1=C(/C=C(/O)c2cc(O)c(O)c(O)c2O)C2(c3cc(C)ccc3Oc3ccc(O)cc32)c2ccc(N(c3ccccc3)c3ccc(C4=CC=CCC4C)cc3)cc21. The summed E-state index contributed by atoms with van der Waals surface area (Å²) in [4.78, 5) is 2.20. The smallest absolute Gasteiger partial charge is 0.205 e. The molecule has 9 rings (SSSR count). The summed E-state index contributed by atoms with van der Waals surface area (Å²) in [6.45, 7) is 6.19. The minimum absolute atomic E-state index is 0.0206. The van der Waals surface area contributed by atoms with E-state index < -0.39 is 34.2 Å². The van der Waals surface area contributed by atoms with Gasteiger partial charge >= 0.3 is 0 Å². The maximum atomic E-state index is 11.9. The molecular formula is C50H41NO7. The largest absolute Gasteiger partial charge is 0.508 e. The van der Waals surface area contributed by atoms with E-state index in [1.165, 1.54) is 17.2 Å². The van der Waals surface area contributed by atoms with Gasteiger partial charge in [-0.15, -0.1) is 0 Å². The van der Waals surface area contributed by atoms with E-state index >= 15 is 0 Å². The summed E-state index contributed by atoms with van der Waals surface area (Å²) in [5.41, 5.74) is 9.32. The van der Waals surface area contributed by atoms with Gasteiger partial charge in [0.05, 0.1) is 11.0 Å². The van der Waals surface area contributed by atoms with Crippen LogP contribution in [0.5, 0.6) is 40.2 Å². The number of benzene rings is 6. The lowest BCUT2D eigenvalue weighted by atomic mass is 9.64. The van der Waals surface area contributed by atoms with Crippen molar-refractivity contribution < 1.29 is 35.4 Å². The summed E-state index contributed by atoms with van der Waals surface area (Å²) in [6, 6.07) is 36.9. The Morgan fingerprint density at radius 1 is 0.707 bits per heavy atom. The Morgan fingerprint density at radius 3 is 2.14 bits per heavy atom. The topological polar surface area (TPSA) is 134 Å². The summed E-state index contributed by atoms with van der Waals surface area (Å²) in [6.07, 6.45) is 9.02. The highest BCUT2D eigenvalue weighted by atomic mass is 16.5. The maximum absolute atomic E-state index is 11.9. The van der Waals surface area contributed by atoms with E-state index in [0.717, 1.165) is 57.4 Å². The molecule has 2 atom stereocenters. The fourth-order valence-corrected chi connectivity index (χ4v) is 8.86. The second kappa shape index (κ2) is 13.7. The van der Waals surface area contributed by atoms with Crippen molar-refractivity contribution in [3.63, 3.8) is 0 Å². The van der Waals surface area contributed by atoms with Gasteiger partial charge in [0.25, 0.3) is 0 Å². The van der Waals surface area contributed by atoms with Crippen molar-refractivity contribution in [3.05, 3.63) is 184 Å². The van der Waals surface area contributed by atoms with Gasteiger partial charge in [0.1, 0.15) is 23.0 Å². The molecule has 0 saturated carbocycles. The first kappa shape index (κ1) is 36.3. The van der Waals surface area contributed by atoms with Crippen molar-refractivity contribution in [2.45, 2.75) is 32.6 Å². The van der Waals surface area contributed by atoms with Crippen molar-refractivity contribution in [3.8, 4) is 40.2 Å². The molecule has 0 saturated heterocycles. The highest BCUT2D eigenvalue weighted by Crippen LogP contribution is 2.63. The third-order valence-electron chi connectivity index (χ3n) is 11.7. The van der Waals surface area contributed by atoms with Gasteiger partial charge in [0.2, 0.25) is 11.5 Å². The third-order valence-corrected chi connectivity index (χ3v) is 11.7. The second-order valence-electron chi connectivity index (χ2n) is 15.2. The average molecular weight is 768 g/mol. The molecular weight excluding hydrogens is 727 g/mol. The molecule has 0 amide bonds. The number of hydrogen-bond donors (Lipinski definition) is 6. The van der Waals surface area contributed by atoms with Gasteiger partial charge in [0.15, 0.2) is 11.5 Å². The molecule has 0 radical (unpaired) electrons. The van der Waals surface area contributed by atoms with Crippen molar-refractivity contribution >= 4 is 34.0 Å². The van der Waals surface area contributed by atoms with Crippen molar-refractivity contribution in [2.24, 2.45) is 5.92 Å². The number of hydrogen-bond acceptors (Lipinski definition) is 8. The van der Waals surface area contributed by atoms with Crippen LogP contribution >= 0.6 is 0 Å². The highest BCUT2D eigenvalue weighted by molar-refractivity contribution is 5.93. The molecule has 0 fully saturated rings. The van der Waals surface area contributed by atoms with Gasteiger partial charge in [-0.25, -0.2) is 0 Å². The zero-order chi connectivity index (χ0) is 40.5. The van der Waals surface area contributed by atoms with E-state index in [4.69, 9.17) is 4.74 Å². The number of phenolic OH excluding ortho intramolecular Hbond substituents is 5. The number of aliphatic hydroxyl groups is 1. The Balaban J connectivity index is 1.30. The number of rotatable bonds is 6. The fraction of sp³-hybridized carbons (Fsp3) is 0.120. The van der Waals surface area contributed by atoms with Crippen LogP contribution in [0.2, 0.25) is 0 Å². The lowest BCUT2D eigenvalue weighted by molar-refractivity contribution is 0.343. The number of anilines is 3. The number of aliphatic hydroxyl groups excluding tert-OH is 1. The molecule has 3 aliphatic rings. The zero-order valence-corrected chi connectivity index (χ0v) is 32.1. The Bertz CT molecular complexity index is 2730. The number of phenols is 5. The molecule has 2 unspecified atom stereocenters. The maximum Gasteiger partial charge on any atom is 0.205 e. The van der Waals surface area contributed by atoms with Crippen LogP contribution in [0.4, 0.5) is 17.1 Å². The Hall–Kier alpha value is -7.32. The van der Waals surface area contributed by atoms with Crippen LogP contribution in [0.25, 0.3) is 16.9 Å². The summed E-state index contributed by atoms with van der Waals surface area (Å²) in [5, 5.41) is 64.7. The first-order valence-corrected chi connectivity index (χ1v) is 19.2. The van der Waals surface area contributed by atoms with Crippen LogP contribution in [0, 0.1) is 12.8 Å². The molecule has 0 bridgehead atoms. The number of fused-ring (bicyclic) bond motifs is 6. The Kier molecular flexibility index (Phi) is 8.58. The molecule has 8 heteroatoms. The van der Waals surface area contributed by atoms with Crippen LogP contribution < -0.4 is 9.64 Å². The summed E-state index contributed by atoms with van der Waals surface area (Å²) in [7, 11) is 0. The third kappa shape index (κ3) is 5.59. The lowest BCUT2D eigenvalue weighted by Gasteiger charge is -2.40. The van der Waals surface area contributed by atoms with Crippen LogP contribution in [0.3, 0.4) is 0 Å². The molecule has 8 nitrogen and oxygen atoms in total. The van der Waals surface area contributed by atoms with E-state index in [9.17, 15) is 30.6 Å². The molecule has 1 heterocycles. The molecule has 58 heavy (non-hydrogen) atoms. The predicted molar refractivity (Wildman–Crippen MR) is 228 cm³/mol. The summed E-state index contributed by atoms with van der Waals surface area (Å²) in [5.74, 6) is -2.33. The molecule has 2 aliphatic carbocycles. The minimum atomic E-state index is -1.16. The van der Waals surface area contributed by atoms with Gasteiger partial charge in [-0.3, -0.25) is 0 Å². The first-order valence-electron chi connectivity index (χ1n) is 19.2. The second-order valence-corrected chi connectivity index (χ2v) is 15.2. The standard InChI is InChI=1S/C50H41NO7/c1-28-13-21-45-41(23-28)50(42-25-35(52)19-22-46(42)58-45)39-20-18-34(24-37(39)30(3)40(50)27-43(53)38-26-44(54)48(56)49(57)47(38)55)51(32-10-5-4-6-11-32)33-16-14-31(15-17-33)36-12-8-7-9-29(36)2/h4-8,10-27,29,52-57H,9H2,1-3H3/b43-27+. The van der Waals surface area contributed by atoms with Crippen molar-refractivity contribution in [1.82, 2.24) is 0 Å². The molecule has 1 aliphatic heterocycles. The van der Waals surface area contributed by atoms with Gasteiger partial charge < -0.3 is 40.3 Å². The van der Waals surface area contributed by atoms with E-state index in [2.05, 4.69) is 84.6 Å². The van der Waals surface area contributed by atoms with Gasteiger partial charge in [0, 0.05) is 28.2 Å². The Morgan fingerprint density at radius 2 is 1.40 bits per heavy atom. The van der Waals surface area contributed by atoms with E-state index in [-0.39, 0.29) is 11.3 Å². The first-order chi connectivity index (χ1) is 28.0. The van der Waals surface area contributed by atoms with Crippen LogP contribution in [-0.4, -0.2) is 30.6 Å². The predicted octanol–water partition coefficient (Wildman–Crippen LogP) is 11.8. The molecule has 6 aromatic rings. The molecule has 6 N–H and O–H groups in total. The minimum Gasteiger partial charge on any atom is -0.508 e. The van der Waals surface area contributed by atoms with Gasteiger partial charge in [-0.1, -0.05) is 79.2 Å². The van der Waals surface area contributed by atoms with Crippen molar-refractivity contribution in [1.29, 1.82) is 0 Å². The fourth-order valence-electron chi connectivity index (χ4n) is 8.86. The number of nitrogens with zero attached hydrogens (tertiary/aromatic N) is 1. The average Bonchev–Trinajstić information content (AvgIpc) is 3.46. The van der Waals surface area contributed by atoms with E-state index in [1.807, 2.05) is 50.2 Å². The number of para-hydroxylation sites is 1. The molecule has 288 valence electrons. The molecule has 6 aromatic carbocycles. The van der Waals surface area contributed by atoms with E-state index in [0.29, 0.717) is 28.6 Å². The highest BCUT2D eigenvalue weighted by Gasteiger charge is 2.52. The molecule has 1 spiro atoms. The zero-order valence-electron chi connectivity index (χ0n) is 32.1. The Labute approximate surface area is 336 Å². The number of allylic oxidation sites excluding steroid dienone is 7. The number of aromatic hydroxyl groups is 5. The van der Waals surface area contributed by atoms with E-state index in [1.54, 1.807) is 18.2 Å². The molecule has 0 aromatic heterocycles. The van der Waals surface area contributed by atoms with Crippen LogP contribution in [0.15, 0.2) is 145 Å². The number of ether oxygens (including phenoxy) is 1. The van der Waals surface area contributed by atoms with Gasteiger partial charge in [-0.05, 0) is 132 Å². The van der Waals surface area contributed by atoms with Crippen molar-refractivity contribution in [2.75, 3.05) is 4.90 Å². The normalized spacial score (nSPS) is 18.0. The summed E-state index contributed by atoms with van der Waals surface area (Å²) < 4.78 is 6.50. The van der Waals surface area contributed by atoms with Gasteiger partial charge in [-0.2, -0.15) is 0 Å². The number of aryl methyl sites for hydroxylation is 1. The van der Waals surface area contributed by atoms with Crippen LogP contribution in [0.1, 0.15) is 59.2 Å².